The monoisotopic (exact) mass is 240 g/mol. The molecule has 0 aromatic heterocycles. The molecule has 16 heavy (non-hydrogen) atoms. The number of amides is 1. The smallest absolute Gasteiger partial charge is 0.354 e. The summed E-state index contributed by atoms with van der Waals surface area (Å²) in [5.41, 5.74) is 0. The van der Waals surface area contributed by atoms with Gasteiger partial charge in [0.2, 0.25) is 5.91 Å². The Bertz CT molecular complexity index is 205. The van der Waals surface area contributed by atoms with Gasteiger partial charge in [0.15, 0.2) is 0 Å². The van der Waals surface area contributed by atoms with Crippen molar-refractivity contribution in [3.05, 3.63) is 0 Å². The Balaban J connectivity index is 3.31. The van der Waals surface area contributed by atoms with E-state index in [0.717, 1.165) is 0 Å². The van der Waals surface area contributed by atoms with E-state index in [1.807, 2.05) is 13.8 Å². The van der Waals surface area contributed by atoms with Crippen LogP contribution in [0.3, 0.4) is 0 Å². The van der Waals surface area contributed by atoms with Crippen LogP contribution < -0.4 is 10.6 Å². The lowest BCUT2D eigenvalue weighted by Gasteiger charge is -2.09. The maximum Gasteiger partial charge on any atom is 0.389 e. The number of hydrogen-bond acceptors (Lipinski definition) is 2. The molecule has 0 rings (SSSR count). The predicted molar refractivity (Wildman–Crippen MR) is 56.1 cm³/mol. The van der Waals surface area contributed by atoms with Crippen molar-refractivity contribution < 1.29 is 18.0 Å². The lowest BCUT2D eigenvalue weighted by atomic mass is 10.3. The van der Waals surface area contributed by atoms with Crippen molar-refractivity contribution in [1.82, 2.24) is 10.6 Å². The van der Waals surface area contributed by atoms with E-state index in [4.69, 9.17) is 0 Å². The zero-order valence-corrected chi connectivity index (χ0v) is 9.66. The molecule has 0 atom stereocenters. The molecule has 3 nitrogen and oxygen atoms in total. The number of rotatable bonds is 7. The topological polar surface area (TPSA) is 41.1 Å². The van der Waals surface area contributed by atoms with Crippen LogP contribution in [0.4, 0.5) is 13.2 Å². The van der Waals surface area contributed by atoms with Gasteiger partial charge in [0, 0.05) is 25.4 Å². The molecule has 0 radical (unpaired) electrons. The summed E-state index contributed by atoms with van der Waals surface area (Å²) in [6.07, 6.45) is -4.52. The van der Waals surface area contributed by atoms with Gasteiger partial charge in [0.05, 0.1) is 0 Å². The van der Waals surface area contributed by atoms with Crippen LogP contribution in [-0.4, -0.2) is 31.2 Å². The maximum atomic E-state index is 11.7. The predicted octanol–water partition coefficient (Wildman–Crippen LogP) is 1.83. The molecule has 0 fully saturated rings. The first-order chi connectivity index (χ1) is 7.31. The fourth-order valence-corrected chi connectivity index (χ4v) is 1.13. The molecule has 2 N–H and O–H groups in total. The molecule has 6 heteroatoms. The highest BCUT2D eigenvalue weighted by molar-refractivity contribution is 5.76. The Morgan fingerprint density at radius 1 is 1.25 bits per heavy atom. The first kappa shape index (κ1) is 15.2. The number of alkyl halides is 3. The number of carbonyl (C=O) groups excluding carboxylic acids is 1. The van der Waals surface area contributed by atoms with Crippen molar-refractivity contribution in [3.8, 4) is 0 Å². The molecule has 0 spiro atoms. The Labute approximate surface area is 93.8 Å². The van der Waals surface area contributed by atoms with Crippen LogP contribution in [0.1, 0.15) is 33.1 Å². The van der Waals surface area contributed by atoms with Gasteiger partial charge in [-0.25, -0.2) is 0 Å². The first-order valence-electron chi connectivity index (χ1n) is 5.38. The van der Waals surface area contributed by atoms with Crippen LogP contribution in [0, 0.1) is 0 Å². The van der Waals surface area contributed by atoms with Crippen LogP contribution in [0.5, 0.6) is 0 Å². The van der Waals surface area contributed by atoms with Crippen molar-refractivity contribution in [2.24, 2.45) is 0 Å². The minimum atomic E-state index is -4.09. The zero-order chi connectivity index (χ0) is 12.6. The average Bonchev–Trinajstić information content (AvgIpc) is 2.07. The fourth-order valence-electron chi connectivity index (χ4n) is 1.13. The molecule has 1 amide bonds. The van der Waals surface area contributed by atoms with E-state index < -0.39 is 12.6 Å². The molecule has 0 unspecified atom stereocenters. The van der Waals surface area contributed by atoms with E-state index in [1.165, 1.54) is 0 Å². The number of hydrogen-bond donors (Lipinski definition) is 2. The quantitative estimate of drug-likeness (QED) is 0.667. The number of halogens is 3. The summed E-state index contributed by atoms with van der Waals surface area (Å²) in [7, 11) is 0. The second-order valence-corrected chi connectivity index (χ2v) is 3.94. The van der Waals surface area contributed by atoms with Gasteiger partial charge in [-0.05, 0) is 26.8 Å². The van der Waals surface area contributed by atoms with Gasteiger partial charge in [0.25, 0.3) is 0 Å². The molecule has 0 heterocycles. The van der Waals surface area contributed by atoms with E-state index in [1.54, 1.807) is 0 Å². The summed E-state index contributed by atoms with van der Waals surface area (Å²) < 4.78 is 35.2. The summed E-state index contributed by atoms with van der Waals surface area (Å²) in [6.45, 7) is 4.41. The molecule has 0 aliphatic heterocycles. The third-order valence-corrected chi connectivity index (χ3v) is 1.79. The average molecular weight is 240 g/mol. The highest BCUT2D eigenvalue weighted by Crippen LogP contribution is 2.20. The van der Waals surface area contributed by atoms with Gasteiger partial charge in [0.1, 0.15) is 0 Å². The van der Waals surface area contributed by atoms with Crippen molar-refractivity contribution in [1.29, 1.82) is 0 Å². The van der Waals surface area contributed by atoms with Gasteiger partial charge in [-0.2, -0.15) is 13.2 Å². The maximum absolute atomic E-state index is 11.7. The Hall–Kier alpha value is -0.780. The van der Waals surface area contributed by atoms with Crippen molar-refractivity contribution >= 4 is 5.91 Å². The standard InChI is InChI=1S/C10H19F3N2O/c1-8(2)15-9(16)4-7-14-6-3-5-10(11,12)13/h8,14H,3-7H2,1-2H3,(H,15,16). The molecule has 0 saturated heterocycles. The van der Waals surface area contributed by atoms with Gasteiger partial charge in [-0.3, -0.25) is 4.79 Å². The van der Waals surface area contributed by atoms with Gasteiger partial charge in [-0.15, -0.1) is 0 Å². The zero-order valence-electron chi connectivity index (χ0n) is 9.66. The molecule has 0 bridgehead atoms. The third-order valence-electron chi connectivity index (χ3n) is 1.79. The molecule has 0 aliphatic rings. The highest BCUT2D eigenvalue weighted by atomic mass is 19.4. The number of carbonyl (C=O) groups is 1. The second-order valence-electron chi connectivity index (χ2n) is 3.94. The first-order valence-corrected chi connectivity index (χ1v) is 5.38. The summed E-state index contributed by atoms with van der Waals surface area (Å²) in [5.74, 6) is -0.0849. The SMILES string of the molecule is CC(C)NC(=O)CCNCCCC(F)(F)F. The van der Waals surface area contributed by atoms with Crippen molar-refractivity contribution in [3.63, 3.8) is 0 Å². The van der Waals surface area contributed by atoms with Crippen LogP contribution >= 0.6 is 0 Å². The normalized spacial score (nSPS) is 11.9. The minimum Gasteiger partial charge on any atom is -0.354 e. The van der Waals surface area contributed by atoms with E-state index in [9.17, 15) is 18.0 Å². The summed E-state index contributed by atoms with van der Waals surface area (Å²) >= 11 is 0. The third kappa shape index (κ3) is 11.3. The molecule has 0 saturated carbocycles. The molecular formula is C10H19F3N2O. The van der Waals surface area contributed by atoms with Crippen LogP contribution in [0.15, 0.2) is 0 Å². The summed E-state index contributed by atoms with van der Waals surface area (Å²) in [6, 6.07) is 0.0951. The minimum absolute atomic E-state index is 0.0509. The van der Waals surface area contributed by atoms with Gasteiger partial charge >= 0.3 is 6.18 Å². The summed E-state index contributed by atoms with van der Waals surface area (Å²) in [4.78, 5) is 11.1. The molecule has 0 aromatic carbocycles. The lowest BCUT2D eigenvalue weighted by molar-refractivity contribution is -0.135. The van der Waals surface area contributed by atoms with Crippen LogP contribution in [-0.2, 0) is 4.79 Å². The van der Waals surface area contributed by atoms with E-state index in [-0.39, 0.29) is 24.9 Å². The molecule has 0 aromatic rings. The van der Waals surface area contributed by atoms with Crippen molar-refractivity contribution in [2.75, 3.05) is 13.1 Å². The van der Waals surface area contributed by atoms with E-state index in [2.05, 4.69) is 10.6 Å². The van der Waals surface area contributed by atoms with Crippen molar-refractivity contribution in [2.45, 2.75) is 45.3 Å². The molecular weight excluding hydrogens is 221 g/mol. The van der Waals surface area contributed by atoms with E-state index >= 15 is 0 Å². The lowest BCUT2D eigenvalue weighted by Crippen LogP contribution is -2.32. The Kier molecular flexibility index (Phi) is 7.12. The van der Waals surface area contributed by atoms with E-state index in [0.29, 0.717) is 13.0 Å². The second kappa shape index (κ2) is 7.49. The van der Waals surface area contributed by atoms with Gasteiger partial charge < -0.3 is 10.6 Å². The Morgan fingerprint density at radius 2 is 1.88 bits per heavy atom. The van der Waals surface area contributed by atoms with Gasteiger partial charge in [-0.1, -0.05) is 0 Å². The fraction of sp³-hybridized carbons (Fsp3) is 0.900. The largest absolute Gasteiger partial charge is 0.389 e. The molecule has 0 aliphatic carbocycles. The summed E-state index contributed by atoms with van der Waals surface area (Å²) in [5, 5.41) is 5.50. The van der Waals surface area contributed by atoms with Crippen LogP contribution in [0.25, 0.3) is 0 Å². The Morgan fingerprint density at radius 3 is 2.38 bits per heavy atom. The van der Waals surface area contributed by atoms with Crippen LogP contribution in [0.2, 0.25) is 0 Å². The molecule has 96 valence electrons. The highest BCUT2D eigenvalue weighted by Gasteiger charge is 2.25. The number of nitrogens with one attached hydrogen (secondary N) is 2.